The Morgan fingerprint density at radius 3 is 2.42 bits per heavy atom. The van der Waals surface area contributed by atoms with E-state index in [1.165, 1.54) is 0 Å². The van der Waals surface area contributed by atoms with Crippen molar-refractivity contribution < 1.29 is 14.3 Å². The van der Waals surface area contributed by atoms with Crippen LogP contribution in [0.15, 0.2) is 46.9 Å². The van der Waals surface area contributed by atoms with Gasteiger partial charge in [0.25, 0.3) is 5.91 Å². The molecule has 1 unspecified atom stereocenters. The van der Waals surface area contributed by atoms with Gasteiger partial charge >= 0.3 is 5.97 Å². The molecule has 1 aliphatic heterocycles. The molecule has 3 rings (SSSR count). The fourth-order valence-corrected chi connectivity index (χ4v) is 3.38. The average molecular weight is 416 g/mol. The first-order valence-electron chi connectivity index (χ1n) is 8.59. The fourth-order valence-electron chi connectivity index (χ4n) is 2.97. The fraction of sp³-hybridized carbons (Fsp3) is 0.333. The van der Waals surface area contributed by atoms with Crippen molar-refractivity contribution in [2.45, 2.75) is 45.8 Å². The Kier molecular flexibility index (Phi) is 4.93. The van der Waals surface area contributed by atoms with Gasteiger partial charge in [0.05, 0.1) is 12.5 Å². The second-order valence-corrected chi connectivity index (χ2v) is 8.46. The van der Waals surface area contributed by atoms with Crippen molar-refractivity contribution in [2.24, 2.45) is 0 Å². The minimum absolute atomic E-state index is 0.000408. The van der Waals surface area contributed by atoms with Crippen LogP contribution in [0.1, 0.15) is 55.1 Å². The van der Waals surface area contributed by atoms with Crippen molar-refractivity contribution in [2.75, 3.05) is 4.90 Å². The van der Waals surface area contributed by atoms with Crippen LogP contribution in [0.25, 0.3) is 0 Å². The minimum atomic E-state index is -0.507. The SMILES string of the molecule is CC(C(=O)OC(C)(C)C)c1ccc(N2Cc3cc(Br)ccc3C2=O)cc1. The van der Waals surface area contributed by atoms with E-state index in [1.807, 2.05) is 70.2 Å². The van der Waals surface area contributed by atoms with E-state index in [0.717, 1.165) is 26.9 Å². The summed E-state index contributed by atoms with van der Waals surface area (Å²) in [6.45, 7) is 7.95. The number of benzene rings is 2. The molecule has 0 saturated carbocycles. The lowest BCUT2D eigenvalue weighted by Gasteiger charge is -2.23. The maximum atomic E-state index is 12.6. The summed E-state index contributed by atoms with van der Waals surface area (Å²) in [6, 6.07) is 13.2. The number of carbonyl (C=O) groups is 2. The van der Waals surface area contributed by atoms with Crippen molar-refractivity contribution in [3.8, 4) is 0 Å². The Morgan fingerprint density at radius 2 is 1.81 bits per heavy atom. The molecule has 2 aromatic carbocycles. The Hall–Kier alpha value is -2.14. The summed E-state index contributed by atoms with van der Waals surface area (Å²) in [5, 5.41) is 0. The van der Waals surface area contributed by atoms with Gasteiger partial charge in [-0.3, -0.25) is 9.59 Å². The van der Waals surface area contributed by atoms with Crippen molar-refractivity contribution in [3.63, 3.8) is 0 Å². The van der Waals surface area contributed by atoms with Crippen molar-refractivity contribution in [1.29, 1.82) is 0 Å². The van der Waals surface area contributed by atoms with Gasteiger partial charge in [-0.15, -0.1) is 0 Å². The van der Waals surface area contributed by atoms with E-state index in [1.54, 1.807) is 4.90 Å². The summed E-state index contributed by atoms with van der Waals surface area (Å²) in [5.41, 5.74) is 2.93. The molecule has 1 atom stereocenters. The number of amides is 1. The van der Waals surface area contributed by atoms with E-state index in [-0.39, 0.29) is 17.8 Å². The number of rotatable bonds is 3. The normalized spacial score (nSPS) is 15.0. The van der Waals surface area contributed by atoms with E-state index >= 15 is 0 Å². The summed E-state index contributed by atoms with van der Waals surface area (Å²) < 4.78 is 6.41. The van der Waals surface area contributed by atoms with Gasteiger partial charge in [0.1, 0.15) is 5.60 Å². The largest absolute Gasteiger partial charge is 0.460 e. The molecule has 0 spiro atoms. The standard InChI is InChI=1S/C21H22BrNO3/c1-13(20(25)26-21(2,3)4)14-5-8-17(9-6-14)23-12-15-11-16(22)7-10-18(15)19(23)24/h5-11,13H,12H2,1-4H3. The maximum Gasteiger partial charge on any atom is 0.313 e. The van der Waals surface area contributed by atoms with Gasteiger partial charge in [-0.1, -0.05) is 28.1 Å². The van der Waals surface area contributed by atoms with Gasteiger partial charge in [0.2, 0.25) is 0 Å². The predicted octanol–water partition coefficient (Wildman–Crippen LogP) is 5.05. The molecule has 26 heavy (non-hydrogen) atoms. The Bertz CT molecular complexity index is 853. The van der Waals surface area contributed by atoms with E-state index in [0.29, 0.717) is 6.54 Å². The molecule has 1 aliphatic rings. The molecule has 5 heteroatoms. The topological polar surface area (TPSA) is 46.6 Å². The van der Waals surface area contributed by atoms with Crippen molar-refractivity contribution in [1.82, 2.24) is 0 Å². The summed E-state index contributed by atoms with van der Waals surface area (Å²) in [5.74, 6) is -0.606. The lowest BCUT2D eigenvalue weighted by atomic mass is 10.0. The molecular formula is C21H22BrNO3. The highest BCUT2D eigenvalue weighted by molar-refractivity contribution is 9.10. The number of halogens is 1. The molecule has 136 valence electrons. The molecular weight excluding hydrogens is 394 g/mol. The Labute approximate surface area is 162 Å². The third kappa shape index (κ3) is 3.83. The molecule has 0 N–H and O–H groups in total. The van der Waals surface area contributed by atoms with Crippen LogP contribution < -0.4 is 4.90 Å². The summed E-state index contributed by atoms with van der Waals surface area (Å²) in [7, 11) is 0. The van der Waals surface area contributed by atoms with Gasteiger partial charge in [-0.2, -0.15) is 0 Å². The van der Waals surface area contributed by atoms with E-state index in [4.69, 9.17) is 4.74 Å². The van der Waals surface area contributed by atoms with Gasteiger partial charge in [-0.25, -0.2) is 0 Å². The average Bonchev–Trinajstić information content (AvgIpc) is 2.89. The number of hydrogen-bond acceptors (Lipinski definition) is 3. The minimum Gasteiger partial charge on any atom is -0.460 e. The molecule has 0 radical (unpaired) electrons. The summed E-state index contributed by atoms with van der Waals surface area (Å²) in [6.07, 6.45) is 0. The number of ether oxygens (including phenoxy) is 1. The van der Waals surface area contributed by atoms with Crippen LogP contribution in [0.3, 0.4) is 0 Å². The van der Waals surface area contributed by atoms with Crippen LogP contribution in [0.2, 0.25) is 0 Å². The maximum absolute atomic E-state index is 12.6. The number of carbonyl (C=O) groups excluding carboxylic acids is 2. The van der Waals surface area contributed by atoms with Crippen molar-refractivity contribution >= 4 is 33.5 Å². The molecule has 1 heterocycles. The van der Waals surface area contributed by atoms with Gasteiger partial charge in [0, 0.05) is 15.7 Å². The molecule has 0 aliphatic carbocycles. The second kappa shape index (κ2) is 6.88. The van der Waals surface area contributed by atoms with Crippen LogP contribution in [0.5, 0.6) is 0 Å². The predicted molar refractivity (Wildman–Crippen MR) is 105 cm³/mol. The number of esters is 1. The molecule has 0 fully saturated rings. The van der Waals surface area contributed by atoms with Crippen LogP contribution >= 0.6 is 15.9 Å². The first-order chi connectivity index (χ1) is 12.2. The summed E-state index contributed by atoms with van der Waals surface area (Å²) >= 11 is 3.45. The zero-order valence-electron chi connectivity index (χ0n) is 15.4. The van der Waals surface area contributed by atoms with E-state index in [2.05, 4.69) is 15.9 Å². The van der Waals surface area contributed by atoms with Crippen LogP contribution in [0, 0.1) is 0 Å². The molecule has 1 amide bonds. The zero-order chi connectivity index (χ0) is 19.1. The molecule has 0 saturated heterocycles. The number of nitrogens with zero attached hydrogens (tertiary/aromatic N) is 1. The Morgan fingerprint density at radius 1 is 1.15 bits per heavy atom. The highest BCUT2D eigenvalue weighted by Crippen LogP contribution is 2.31. The van der Waals surface area contributed by atoms with Gasteiger partial charge < -0.3 is 9.64 Å². The number of fused-ring (bicyclic) bond motifs is 1. The first-order valence-corrected chi connectivity index (χ1v) is 9.38. The van der Waals surface area contributed by atoms with Gasteiger partial charge in [-0.05, 0) is 69.2 Å². The van der Waals surface area contributed by atoms with Crippen LogP contribution in [-0.2, 0) is 16.1 Å². The number of hydrogen-bond donors (Lipinski definition) is 0. The van der Waals surface area contributed by atoms with Crippen LogP contribution in [-0.4, -0.2) is 17.5 Å². The van der Waals surface area contributed by atoms with E-state index < -0.39 is 5.60 Å². The lowest BCUT2D eigenvalue weighted by molar-refractivity contribution is -0.156. The number of anilines is 1. The van der Waals surface area contributed by atoms with E-state index in [9.17, 15) is 9.59 Å². The summed E-state index contributed by atoms with van der Waals surface area (Å²) in [4.78, 5) is 26.6. The second-order valence-electron chi connectivity index (χ2n) is 7.54. The van der Waals surface area contributed by atoms with Crippen LogP contribution in [0.4, 0.5) is 5.69 Å². The third-order valence-corrected chi connectivity index (χ3v) is 4.83. The Balaban J connectivity index is 1.76. The first kappa shape index (κ1) is 18.6. The molecule has 2 aromatic rings. The molecule has 0 bridgehead atoms. The van der Waals surface area contributed by atoms with Crippen molar-refractivity contribution in [3.05, 3.63) is 63.6 Å². The zero-order valence-corrected chi connectivity index (χ0v) is 17.0. The third-order valence-electron chi connectivity index (χ3n) is 4.34. The quantitative estimate of drug-likeness (QED) is 0.658. The highest BCUT2D eigenvalue weighted by Gasteiger charge is 2.29. The highest BCUT2D eigenvalue weighted by atomic mass is 79.9. The monoisotopic (exact) mass is 415 g/mol. The molecule has 0 aromatic heterocycles. The van der Waals surface area contributed by atoms with Gasteiger partial charge in [0.15, 0.2) is 0 Å². The smallest absolute Gasteiger partial charge is 0.313 e. The molecule has 4 nitrogen and oxygen atoms in total. The lowest BCUT2D eigenvalue weighted by Crippen LogP contribution is -2.27.